The lowest BCUT2D eigenvalue weighted by Gasteiger charge is -2.32. The van der Waals surface area contributed by atoms with Gasteiger partial charge in [0.25, 0.3) is 0 Å². The summed E-state index contributed by atoms with van der Waals surface area (Å²) in [4.78, 5) is 5.26. The van der Waals surface area contributed by atoms with Crippen molar-refractivity contribution in [2.75, 3.05) is 32.8 Å². The summed E-state index contributed by atoms with van der Waals surface area (Å²) < 4.78 is 11.4. The van der Waals surface area contributed by atoms with Gasteiger partial charge < -0.3 is 9.47 Å². The molecule has 1 aliphatic rings. The molecule has 1 fully saturated rings. The van der Waals surface area contributed by atoms with Crippen molar-refractivity contribution >= 4 is 28.2 Å². The Hall–Kier alpha value is -0.980. The minimum atomic E-state index is -0.102. The van der Waals surface area contributed by atoms with Gasteiger partial charge >= 0.3 is 0 Å². The molecule has 0 atom stereocenters. The van der Waals surface area contributed by atoms with E-state index in [1.54, 1.807) is 5.57 Å². The smallest absolute Gasteiger partial charge is 0.170 e. The van der Waals surface area contributed by atoms with Crippen LogP contribution < -0.4 is 0 Å². The second-order valence-electron chi connectivity index (χ2n) is 6.07. The summed E-state index contributed by atoms with van der Waals surface area (Å²) in [6.07, 6.45) is 2.14. The van der Waals surface area contributed by atoms with Gasteiger partial charge in [0.15, 0.2) is 6.29 Å². The van der Waals surface area contributed by atoms with Crippen molar-refractivity contribution in [3.8, 4) is 0 Å². The summed E-state index contributed by atoms with van der Waals surface area (Å²) in [5.74, 6) is 0. The van der Waals surface area contributed by atoms with Crippen LogP contribution in [0.3, 0.4) is 0 Å². The molecular formula is C20H27NO2S2. The molecule has 0 unspecified atom stereocenters. The minimum absolute atomic E-state index is 0.102. The summed E-state index contributed by atoms with van der Waals surface area (Å²) in [5.41, 5.74) is 3.06. The molecule has 0 radical (unpaired) electrons. The van der Waals surface area contributed by atoms with Gasteiger partial charge in [-0.15, -0.1) is 22.7 Å². The fraction of sp³-hybridized carbons (Fsp3) is 0.500. The van der Waals surface area contributed by atoms with E-state index in [4.69, 9.17) is 9.47 Å². The van der Waals surface area contributed by atoms with Crippen molar-refractivity contribution in [3.63, 3.8) is 0 Å². The first kappa shape index (κ1) is 18.8. The highest BCUT2D eigenvalue weighted by atomic mass is 32.1. The summed E-state index contributed by atoms with van der Waals surface area (Å²) in [5, 5.41) is 4.35. The van der Waals surface area contributed by atoms with Gasteiger partial charge in [-0.25, -0.2) is 0 Å². The first-order valence-corrected chi connectivity index (χ1v) is 10.8. The maximum atomic E-state index is 5.70. The standard InChI is InChI=1S/C20H27NO2S2/c1-3-22-19(23-4-2)15-21-11-9-16(10-12-21)20(17-7-5-13-24-17)18-8-6-14-25-18/h5-8,13-14,19H,3-4,9-12,15H2,1-2H3. The zero-order chi connectivity index (χ0) is 17.5. The molecule has 3 heterocycles. The molecule has 0 spiro atoms. The van der Waals surface area contributed by atoms with E-state index < -0.39 is 0 Å². The fourth-order valence-electron chi connectivity index (χ4n) is 3.30. The predicted molar refractivity (Wildman–Crippen MR) is 107 cm³/mol. The van der Waals surface area contributed by atoms with Crippen molar-refractivity contribution in [2.24, 2.45) is 0 Å². The Morgan fingerprint density at radius 2 is 1.56 bits per heavy atom. The van der Waals surface area contributed by atoms with E-state index >= 15 is 0 Å². The second-order valence-corrected chi connectivity index (χ2v) is 7.97. The van der Waals surface area contributed by atoms with Gasteiger partial charge in [-0.1, -0.05) is 17.7 Å². The zero-order valence-corrected chi connectivity index (χ0v) is 16.7. The second kappa shape index (κ2) is 9.64. The van der Waals surface area contributed by atoms with E-state index in [1.807, 2.05) is 36.5 Å². The number of likely N-dealkylation sites (tertiary alicyclic amines) is 1. The monoisotopic (exact) mass is 377 g/mol. The average molecular weight is 378 g/mol. The molecule has 0 aliphatic carbocycles. The molecule has 0 saturated carbocycles. The molecule has 136 valence electrons. The van der Waals surface area contributed by atoms with Gasteiger partial charge in [0.2, 0.25) is 0 Å². The van der Waals surface area contributed by atoms with E-state index in [9.17, 15) is 0 Å². The molecule has 2 aromatic rings. The zero-order valence-electron chi connectivity index (χ0n) is 15.1. The molecule has 0 N–H and O–H groups in total. The molecule has 1 saturated heterocycles. The summed E-state index contributed by atoms with van der Waals surface area (Å²) in [7, 11) is 0. The maximum absolute atomic E-state index is 5.70. The molecule has 2 aromatic heterocycles. The molecule has 5 heteroatoms. The van der Waals surface area contributed by atoms with Crippen LogP contribution in [0.4, 0.5) is 0 Å². The van der Waals surface area contributed by atoms with Crippen molar-refractivity contribution in [1.29, 1.82) is 0 Å². The van der Waals surface area contributed by atoms with Gasteiger partial charge in [-0.2, -0.15) is 0 Å². The van der Waals surface area contributed by atoms with E-state index in [2.05, 4.69) is 39.9 Å². The number of ether oxygens (including phenoxy) is 2. The van der Waals surface area contributed by atoms with Crippen LogP contribution in [-0.2, 0) is 9.47 Å². The van der Waals surface area contributed by atoms with Crippen LogP contribution in [0.5, 0.6) is 0 Å². The quantitative estimate of drug-likeness (QED) is 0.597. The normalized spacial score (nSPS) is 15.9. The third kappa shape index (κ3) is 5.02. The highest BCUT2D eigenvalue weighted by molar-refractivity contribution is 7.13. The molecule has 3 nitrogen and oxygen atoms in total. The number of hydrogen-bond acceptors (Lipinski definition) is 5. The molecule has 0 aromatic carbocycles. The first-order valence-electron chi connectivity index (χ1n) is 9.07. The molecule has 0 bridgehead atoms. The molecule has 1 aliphatic heterocycles. The third-order valence-electron chi connectivity index (χ3n) is 4.46. The Balaban J connectivity index is 1.69. The van der Waals surface area contributed by atoms with Gasteiger partial charge in [-0.3, -0.25) is 4.90 Å². The average Bonchev–Trinajstić information content (AvgIpc) is 3.32. The van der Waals surface area contributed by atoms with Crippen molar-refractivity contribution < 1.29 is 9.47 Å². The Labute approximate surface area is 158 Å². The van der Waals surface area contributed by atoms with Gasteiger partial charge in [0.1, 0.15) is 0 Å². The number of piperidine rings is 1. The number of thiophene rings is 2. The third-order valence-corrected chi connectivity index (χ3v) is 6.24. The highest BCUT2D eigenvalue weighted by Crippen LogP contribution is 2.36. The summed E-state index contributed by atoms with van der Waals surface area (Å²) in [6.45, 7) is 8.46. The Kier molecular flexibility index (Phi) is 7.25. The van der Waals surface area contributed by atoms with Crippen LogP contribution >= 0.6 is 22.7 Å². The van der Waals surface area contributed by atoms with Crippen molar-refractivity contribution in [3.05, 3.63) is 50.4 Å². The maximum Gasteiger partial charge on any atom is 0.170 e. The van der Waals surface area contributed by atoms with E-state index in [0.717, 1.165) is 32.5 Å². The first-order chi connectivity index (χ1) is 12.3. The van der Waals surface area contributed by atoms with Gasteiger partial charge in [0.05, 0.1) is 0 Å². The predicted octanol–water partition coefficient (Wildman–Crippen LogP) is 5.11. The minimum Gasteiger partial charge on any atom is -0.352 e. The summed E-state index contributed by atoms with van der Waals surface area (Å²) in [6, 6.07) is 8.80. The SMILES string of the molecule is CCOC(CN1CCC(=C(c2cccs2)c2cccs2)CC1)OCC. The highest BCUT2D eigenvalue weighted by Gasteiger charge is 2.22. The van der Waals surface area contributed by atoms with E-state index in [0.29, 0.717) is 13.2 Å². The fourth-order valence-corrected chi connectivity index (χ4v) is 5.03. The lowest BCUT2D eigenvalue weighted by atomic mass is 9.96. The Bertz CT molecular complexity index is 597. The lowest BCUT2D eigenvalue weighted by molar-refractivity contribution is -0.147. The van der Waals surface area contributed by atoms with E-state index in [1.165, 1.54) is 15.3 Å². The van der Waals surface area contributed by atoms with Crippen molar-refractivity contribution in [1.82, 2.24) is 4.90 Å². The summed E-state index contributed by atoms with van der Waals surface area (Å²) >= 11 is 3.69. The van der Waals surface area contributed by atoms with Crippen LogP contribution in [0.2, 0.25) is 0 Å². The van der Waals surface area contributed by atoms with Crippen LogP contribution in [0.15, 0.2) is 40.6 Å². The van der Waals surface area contributed by atoms with Crippen molar-refractivity contribution in [2.45, 2.75) is 33.0 Å². The number of nitrogens with zero attached hydrogens (tertiary/aromatic N) is 1. The lowest BCUT2D eigenvalue weighted by Crippen LogP contribution is -2.39. The van der Waals surface area contributed by atoms with Crippen LogP contribution in [0.25, 0.3) is 5.57 Å². The Morgan fingerprint density at radius 1 is 1.00 bits per heavy atom. The van der Waals surface area contributed by atoms with Crippen LogP contribution in [0, 0.1) is 0 Å². The molecule has 25 heavy (non-hydrogen) atoms. The van der Waals surface area contributed by atoms with Gasteiger partial charge in [0, 0.05) is 48.2 Å². The van der Waals surface area contributed by atoms with Crippen LogP contribution in [-0.4, -0.2) is 44.0 Å². The molecule has 0 amide bonds. The number of hydrogen-bond donors (Lipinski definition) is 0. The molecular weight excluding hydrogens is 350 g/mol. The largest absolute Gasteiger partial charge is 0.352 e. The number of rotatable bonds is 8. The molecule has 3 rings (SSSR count). The van der Waals surface area contributed by atoms with Gasteiger partial charge in [-0.05, 0) is 49.6 Å². The Morgan fingerprint density at radius 3 is 2.00 bits per heavy atom. The van der Waals surface area contributed by atoms with Crippen LogP contribution in [0.1, 0.15) is 36.4 Å². The van der Waals surface area contributed by atoms with E-state index in [-0.39, 0.29) is 6.29 Å². The topological polar surface area (TPSA) is 21.7 Å².